The fourth-order valence-electron chi connectivity index (χ4n) is 5.75. The first-order valence-electron chi connectivity index (χ1n) is 8.23. The Bertz CT molecular complexity index is 689. The first kappa shape index (κ1) is 13.4. The zero-order valence-electron chi connectivity index (χ0n) is 12.4. The highest BCUT2D eigenvalue weighted by atomic mass is 32.2. The van der Waals surface area contributed by atoms with E-state index in [1.807, 2.05) is 6.07 Å². The van der Waals surface area contributed by atoms with Crippen LogP contribution < -0.4 is 4.74 Å². The van der Waals surface area contributed by atoms with Crippen molar-refractivity contribution in [2.45, 2.75) is 49.7 Å². The highest BCUT2D eigenvalue weighted by Gasteiger charge is 2.57. The van der Waals surface area contributed by atoms with Crippen LogP contribution in [0.5, 0.6) is 5.75 Å². The second kappa shape index (κ2) is 4.26. The van der Waals surface area contributed by atoms with Gasteiger partial charge in [-0.2, -0.15) is 8.42 Å². The van der Waals surface area contributed by atoms with E-state index in [0.29, 0.717) is 5.75 Å². The van der Waals surface area contributed by atoms with Gasteiger partial charge in [0.1, 0.15) is 10.6 Å². The summed E-state index contributed by atoms with van der Waals surface area (Å²) in [7, 11) is -3.71. The molecule has 4 bridgehead atoms. The van der Waals surface area contributed by atoms with Gasteiger partial charge in [0, 0.05) is 5.41 Å². The molecule has 4 nitrogen and oxygen atoms in total. The van der Waals surface area contributed by atoms with Crippen LogP contribution in [0.15, 0.2) is 29.2 Å². The minimum absolute atomic E-state index is 0.102. The third kappa shape index (κ3) is 1.81. The second-order valence-electron chi connectivity index (χ2n) is 7.73. The van der Waals surface area contributed by atoms with Crippen LogP contribution in [-0.2, 0) is 14.3 Å². The predicted molar refractivity (Wildman–Crippen MR) is 79.7 cm³/mol. The van der Waals surface area contributed by atoms with Gasteiger partial charge in [0.15, 0.2) is 0 Å². The van der Waals surface area contributed by atoms with Gasteiger partial charge in [-0.05, 0) is 68.4 Å². The predicted octanol–water partition coefficient (Wildman–Crippen LogP) is 3.33. The average molecular weight is 320 g/mol. The molecule has 0 amide bonds. The highest BCUT2D eigenvalue weighted by molar-refractivity contribution is 7.87. The Kier molecular flexibility index (Phi) is 2.59. The normalized spacial score (nSPS) is 44.4. The van der Waals surface area contributed by atoms with E-state index in [1.54, 1.807) is 18.2 Å². The van der Waals surface area contributed by atoms with E-state index in [2.05, 4.69) is 0 Å². The second-order valence-corrected chi connectivity index (χ2v) is 9.27. The van der Waals surface area contributed by atoms with Crippen molar-refractivity contribution < 1.29 is 17.3 Å². The molecule has 0 aromatic heterocycles. The molecule has 4 saturated carbocycles. The van der Waals surface area contributed by atoms with Crippen molar-refractivity contribution in [1.29, 1.82) is 0 Å². The molecule has 0 spiro atoms. The fourth-order valence-corrected chi connectivity index (χ4v) is 6.93. The largest absolute Gasteiger partial charge is 0.462 e. The summed E-state index contributed by atoms with van der Waals surface area (Å²) < 4.78 is 36.5. The average Bonchev–Trinajstić information content (AvgIpc) is 2.45. The molecule has 0 saturated heterocycles. The number of hydrogen-bond acceptors (Lipinski definition) is 4. The summed E-state index contributed by atoms with van der Waals surface area (Å²) in [6.07, 6.45) is 6.48. The molecule has 1 aromatic rings. The van der Waals surface area contributed by atoms with E-state index in [1.165, 1.54) is 19.3 Å². The molecular weight excluding hydrogens is 300 g/mol. The maximum atomic E-state index is 12.5. The first-order valence-corrected chi connectivity index (χ1v) is 9.64. The monoisotopic (exact) mass is 320 g/mol. The molecule has 22 heavy (non-hydrogen) atoms. The fraction of sp³-hybridized carbons (Fsp3) is 0.647. The number of ether oxygens (including phenoxy) is 1. The van der Waals surface area contributed by atoms with Gasteiger partial charge >= 0.3 is 10.1 Å². The van der Waals surface area contributed by atoms with E-state index in [9.17, 15) is 8.42 Å². The molecule has 6 rings (SSSR count). The Labute approximate surface area is 130 Å². The van der Waals surface area contributed by atoms with Gasteiger partial charge in [-0.25, -0.2) is 4.18 Å². The number of rotatable bonds is 1. The van der Waals surface area contributed by atoms with Gasteiger partial charge < -0.3 is 4.74 Å². The van der Waals surface area contributed by atoms with Crippen LogP contribution in [0.2, 0.25) is 0 Å². The lowest BCUT2D eigenvalue weighted by Gasteiger charge is -2.58. The molecule has 0 radical (unpaired) electrons. The van der Waals surface area contributed by atoms with Gasteiger partial charge in [-0.15, -0.1) is 0 Å². The van der Waals surface area contributed by atoms with Crippen molar-refractivity contribution in [2.75, 3.05) is 0 Å². The standard InChI is InChI=1S/C17H20O4S/c18-22(19)15-4-2-1-3-14(15)20-16(21-22)17-8-11-5-12(9-17)7-13(6-11)10-17/h1-4,11-13,16H,5-10H2. The molecule has 5 aliphatic rings. The first-order chi connectivity index (χ1) is 10.5. The SMILES string of the molecule is O=S1(=O)OC(C23CC4CC(CC(C4)C2)C3)Oc2ccccc21. The molecule has 4 aliphatic carbocycles. The number of benzene rings is 1. The molecule has 1 aliphatic heterocycles. The van der Waals surface area contributed by atoms with E-state index in [0.717, 1.165) is 37.0 Å². The summed E-state index contributed by atoms with van der Waals surface area (Å²) in [6, 6.07) is 6.81. The molecule has 1 heterocycles. The lowest BCUT2D eigenvalue weighted by atomic mass is 9.49. The van der Waals surface area contributed by atoms with Crippen LogP contribution in [0, 0.1) is 23.2 Å². The van der Waals surface area contributed by atoms with E-state index in [-0.39, 0.29) is 10.3 Å². The smallest absolute Gasteiger partial charge is 0.303 e. The Balaban J connectivity index is 1.55. The van der Waals surface area contributed by atoms with Crippen molar-refractivity contribution in [3.8, 4) is 5.75 Å². The minimum Gasteiger partial charge on any atom is -0.462 e. The van der Waals surface area contributed by atoms with Gasteiger partial charge in [0.2, 0.25) is 6.29 Å². The summed E-state index contributed by atoms with van der Waals surface area (Å²) in [5, 5.41) is 0. The summed E-state index contributed by atoms with van der Waals surface area (Å²) in [5.74, 6) is 2.66. The van der Waals surface area contributed by atoms with Crippen LogP contribution in [0.25, 0.3) is 0 Å². The summed E-state index contributed by atoms with van der Waals surface area (Å²) in [6.45, 7) is 0. The molecule has 1 unspecified atom stereocenters. The molecule has 0 N–H and O–H groups in total. The Morgan fingerprint density at radius 2 is 1.55 bits per heavy atom. The summed E-state index contributed by atoms with van der Waals surface area (Å²) in [4.78, 5) is 0.163. The molecule has 1 aromatic carbocycles. The molecule has 1 atom stereocenters. The zero-order valence-corrected chi connectivity index (χ0v) is 13.2. The van der Waals surface area contributed by atoms with Crippen molar-refractivity contribution in [3.05, 3.63) is 24.3 Å². The number of para-hydroxylation sites is 1. The van der Waals surface area contributed by atoms with E-state index < -0.39 is 16.4 Å². The zero-order chi connectivity index (χ0) is 14.9. The Morgan fingerprint density at radius 1 is 0.955 bits per heavy atom. The van der Waals surface area contributed by atoms with Crippen LogP contribution in [0.4, 0.5) is 0 Å². The van der Waals surface area contributed by atoms with Crippen LogP contribution in [0.3, 0.4) is 0 Å². The van der Waals surface area contributed by atoms with Crippen molar-refractivity contribution in [3.63, 3.8) is 0 Å². The highest BCUT2D eigenvalue weighted by Crippen LogP contribution is 2.62. The quantitative estimate of drug-likeness (QED) is 0.745. The number of hydrogen-bond donors (Lipinski definition) is 0. The lowest BCUT2D eigenvalue weighted by Crippen LogP contribution is -2.55. The van der Waals surface area contributed by atoms with Crippen molar-refractivity contribution in [1.82, 2.24) is 0 Å². The summed E-state index contributed by atoms with van der Waals surface area (Å²) in [5.41, 5.74) is -0.102. The Morgan fingerprint density at radius 3 is 2.18 bits per heavy atom. The third-order valence-electron chi connectivity index (χ3n) is 6.15. The number of fused-ring (bicyclic) bond motifs is 1. The maximum Gasteiger partial charge on any atom is 0.303 e. The van der Waals surface area contributed by atoms with Crippen molar-refractivity contribution in [2.24, 2.45) is 23.2 Å². The lowest BCUT2D eigenvalue weighted by molar-refractivity contribution is -0.180. The molecule has 5 heteroatoms. The van der Waals surface area contributed by atoms with Gasteiger partial charge in [0.05, 0.1) is 0 Å². The maximum absolute atomic E-state index is 12.5. The van der Waals surface area contributed by atoms with Gasteiger partial charge in [0.25, 0.3) is 0 Å². The topological polar surface area (TPSA) is 52.6 Å². The van der Waals surface area contributed by atoms with Crippen LogP contribution in [0.1, 0.15) is 38.5 Å². The summed E-state index contributed by atoms with van der Waals surface area (Å²) >= 11 is 0. The molecule has 4 fully saturated rings. The van der Waals surface area contributed by atoms with Crippen LogP contribution in [-0.4, -0.2) is 14.7 Å². The third-order valence-corrected chi connectivity index (χ3v) is 7.46. The molecular formula is C17H20O4S. The van der Waals surface area contributed by atoms with E-state index in [4.69, 9.17) is 8.92 Å². The molecule has 118 valence electrons. The van der Waals surface area contributed by atoms with Gasteiger partial charge in [-0.1, -0.05) is 12.1 Å². The minimum atomic E-state index is -3.71. The van der Waals surface area contributed by atoms with E-state index >= 15 is 0 Å². The Hall–Kier alpha value is -1.07. The van der Waals surface area contributed by atoms with Crippen molar-refractivity contribution >= 4 is 10.1 Å². The van der Waals surface area contributed by atoms with Crippen LogP contribution >= 0.6 is 0 Å². The van der Waals surface area contributed by atoms with Gasteiger partial charge in [-0.3, -0.25) is 0 Å².